The maximum Gasteiger partial charge on any atom is 0.128 e. The number of nitrogens with two attached hydrogens (primary N) is 1. The molecule has 0 atom stereocenters. The second kappa shape index (κ2) is 6.07. The largest absolute Gasteiger partial charge is 0.389 e. The van der Waals surface area contributed by atoms with Gasteiger partial charge in [0.2, 0.25) is 0 Å². The summed E-state index contributed by atoms with van der Waals surface area (Å²) in [4.78, 5) is 8.37. The van der Waals surface area contributed by atoms with E-state index >= 15 is 0 Å². The fourth-order valence-corrected chi connectivity index (χ4v) is 3.81. The molecule has 4 nitrogen and oxygen atoms in total. The Labute approximate surface area is 134 Å². The lowest BCUT2D eigenvalue weighted by molar-refractivity contribution is 0.559. The molecule has 1 aliphatic heterocycles. The highest BCUT2D eigenvalue weighted by Crippen LogP contribution is 2.32. The van der Waals surface area contributed by atoms with Crippen LogP contribution in [0.4, 0.5) is 5.69 Å². The highest BCUT2D eigenvalue weighted by Gasteiger charge is 2.21. The maximum atomic E-state index is 6.00. The monoisotopic (exact) mass is 318 g/mol. The Bertz CT molecular complexity index is 665. The molecular formula is C15H18N4S2. The van der Waals surface area contributed by atoms with E-state index in [1.807, 2.05) is 12.4 Å². The minimum absolute atomic E-state index is 0.468. The van der Waals surface area contributed by atoms with Gasteiger partial charge in [-0.3, -0.25) is 0 Å². The van der Waals surface area contributed by atoms with Crippen LogP contribution in [0.5, 0.6) is 0 Å². The third-order valence-electron chi connectivity index (χ3n) is 3.64. The van der Waals surface area contributed by atoms with Crippen LogP contribution in [0.2, 0.25) is 0 Å². The van der Waals surface area contributed by atoms with Crippen molar-refractivity contribution >= 4 is 34.7 Å². The van der Waals surface area contributed by atoms with Gasteiger partial charge in [0.1, 0.15) is 10.8 Å². The number of aromatic nitrogens is 2. The zero-order valence-corrected chi connectivity index (χ0v) is 13.6. The molecule has 0 unspecified atom stereocenters. The van der Waals surface area contributed by atoms with Crippen molar-refractivity contribution in [3.05, 3.63) is 42.0 Å². The van der Waals surface area contributed by atoms with E-state index in [-0.39, 0.29) is 0 Å². The van der Waals surface area contributed by atoms with Gasteiger partial charge in [-0.25, -0.2) is 4.98 Å². The van der Waals surface area contributed by atoms with Crippen LogP contribution in [0.1, 0.15) is 18.3 Å². The number of imidazole rings is 1. The molecule has 1 aliphatic rings. The van der Waals surface area contributed by atoms with Crippen LogP contribution in [0.25, 0.3) is 0 Å². The standard InChI is InChI=1S/C15H18N4S2/c1-2-21-12-5-3-4-11(14(12)15(16)20)19-9-8-18-7-6-17-13(18)10-19/h3-7H,2,8-10H2,1H3,(H2,16,20). The molecule has 0 saturated carbocycles. The Balaban J connectivity index is 1.99. The summed E-state index contributed by atoms with van der Waals surface area (Å²) in [7, 11) is 0. The van der Waals surface area contributed by atoms with Gasteiger partial charge < -0.3 is 15.2 Å². The molecule has 1 aromatic carbocycles. The summed E-state index contributed by atoms with van der Waals surface area (Å²) < 4.78 is 2.20. The Morgan fingerprint density at radius 1 is 1.43 bits per heavy atom. The van der Waals surface area contributed by atoms with Gasteiger partial charge in [0, 0.05) is 41.6 Å². The third kappa shape index (κ3) is 2.78. The van der Waals surface area contributed by atoms with Crippen LogP contribution in [0.15, 0.2) is 35.5 Å². The summed E-state index contributed by atoms with van der Waals surface area (Å²) in [6, 6.07) is 6.28. The molecule has 0 radical (unpaired) electrons. The molecule has 3 rings (SSSR count). The van der Waals surface area contributed by atoms with Crippen molar-refractivity contribution in [2.45, 2.75) is 24.9 Å². The van der Waals surface area contributed by atoms with E-state index in [0.29, 0.717) is 4.99 Å². The van der Waals surface area contributed by atoms with Crippen molar-refractivity contribution in [2.24, 2.45) is 5.73 Å². The van der Waals surface area contributed by atoms with Gasteiger partial charge >= 0.3 is 0 Å². The predicted molar refractivity (Wildman–Crippen MR) is 92.0 cm³/mol. The molecule has 0 fully saturated rings. The normalized spacial score (nSPS) is 14.0. The smallest absolute Gasteiger partial charge is 0.128 e. The quantitative estimate of drug-likeness (QED) is 0.694. The first-order valence-electron chi connectivity index (χ1n) is 7.01. The number of thiocarbonyl (C=S) groups is 1. The first-order valence-corrected chi connectivity index (χ1v) is 8.40. The molecule has 0 saturated heterocycles. The summed E-state index contributed by atoms with van der Waals surface area (Å²) >= 11 is 7.08. The summed E-state index contributed by atoms with van der Waals surface area (Å²) in [5, 5.41) is 0. The molecule has 0 aliphatic carbocycles. The number of nitrogens with zero attached hydrogens (tertiary/aromatic N) is 3. The lowest BCUT2D eigenvalue weighted by Gasteiger charge is -2.31. The minimum atomic E-state index is 0.468. The third-order valence-corrected chi connectivity index (χ3v) is 4.78. The van der Waals surface area contributed by atoms with E-state index in [2.05, 4.69) is 39.6 Å². The highest BCUT2D eigenvalue weighted by molar-refractivity contribution is 7.99. The second-order valence-corrected chi connectivity index (χ2v) is 6.65. The number of benzene rings is 1. The second-order valence-electron chi connectivity index (χ2n) is 4.91. The fourth-order valence-electron chi connectivity index (χ4n) is 2.69. The molecule has 0 bridgehead atoms. The lowest BCUT2D eigenvalue weighted by atomic mass is 10.1. The van der Waals surface area contributed by atoms with E-state index in [9.17, 15) is 0 Å². The van der Waals surface area contributed by atoms with Gasteiger partial charge in [0.05, 0.1) is 6.54 Å². The van der Waals surface area contributed by atoms with Crippen LogP contribution in [0, 0.1) is 0 Å². The SMILES string of the molecule is CCSc1cccc(N2CCn3ccnc3C2)c1C(N)=S. The predicted octanol–water partition coefficient (Wildman–Crippen LogP) is 2.65. The van der Waals surface area contributed by atoms with Gasteiger partial charge in [0.25, 0.3) is 0 Å². The van der Waals surface area contributed by atoms with E-state index in [4.69, 9.17) is 18.0 Å². The van der Waals surface area contributed by atoms with Crippen LogP contribution in [0.3, 0.4) is 0 Å². The van der Waals surface area contributed by atoms with Crippen molar-refractivity contribution in [2.75, 3.05) is 17.2 Å². The molecule has 0 amide bonds. The van der Waals surface area contributed by atoms with Crippen LogP contribution in [-0.4, -0.2) is 26.8 Å². The summed E-state index contributed by atoms with van der Waals surface area (Å²) in [5.41, 5.74) is 8.12. The molecule has 1 aromatic heterocycles. The number of rotatable bonds is 4. The summed E-state index contributed by atoms with van der Waals surface area (Å²) in [6.45, 7) is 4.82. The van der Waals surface area contributed by atoms with Crippen molar-refractivity contribution in [1.82, 2.24) is 9.55 Å². The topological polar surface area (TPSA) is 47.1 Å². The van der Waals surface area contributed by atoms with E-state index in [0.717, 1.165) is 47.4 Å². The van der Waals surface area contributed by atoms with E-state index < -0.39 is 0 Å². The average Bonchev–Trinajstić information content (AvgIpc) is 2.94. The van der Waals surface area contributed by atoms with Gasteiger partial charge in [-0.1, -0.05) is 25.2 Å². The zero-order chi connectivity index (χ0) is 14.8. The Morgan fingerprint density at radius 3 is 3.05 bits per heavy atom. The average molecular weight is 318 g/mol. The Morgan fingerprint density at radius 2 is 2.29 bits per heavy atom. The van der Waals surface area contributed by atoms with Gasteiger partial charge in [-0.05, 0) is 17.9 Å². The molecule has 6 heteroatoms. The van der Waals surface area contributed by atoms with Crippen molar-refractivity contribution in [1.29, 1.82) is 0 Å². The molecule has 0 spiro atoms. The maximum absolute atomic E-state index is 6.00. The van der Waals surface area contributed by atoms with E-state index in [1.165, 1.54) is 0 Å². The Hall–Kier alpha value is -1.53. The van der Waals surface area contributed by atoms with Gasteiger partial charge in [0.15, 0.2) is 0 Å². The first kappa shape index (κ1) is 14.4. The van der Waals surface area contributed by atoms with Crippen LogP contribution >= 0.6 is 24.0 Å². The number of hydrogen-bond acceptors (Lipinski definition) is 4. The molecule has 110 valence electrons. The molecular weight excluding hydrogens is 300 g/mol. The fraction of sp³-hybridized carbons (Fsp3) is 0.333. The van der Waals surface area contributed by atoms with Crippen molar-refractivity contribution in [3.63, 3.8) is 0 Å². The number of hydrogen-bond donors (Lipinski definition) is 1. The summed E-state index contributed by atoms with van der Waals surface area (Å²) in [6.07, 6.45) is 3.89. The number of thioether (sulfide) groups is 1. The number of fused-ring (bicyclic) bond motifs is 1. The minimum Gasteiger partial charge on any atom is -0.389 e. The van der Waals surface area contributed by atoms with Crippen LogP contribution in [-0.2, 0) is 13.1 Å². The van der Waals surface area contributed by atoms with Gasteiger partial charge in [-0.15, -0.1) is 11.8 Å². The zero-order valence-electron chi connectivity index (χ0n) is 12.0. The van der Waals surface area contributed by atoms with Crippen molar-refractivity contribution in [3.8, 4) is 0 Å². The Kier molecular flexibility index (Phi) is 4.17. The first-order chi connectivity index (χ1) is 10.2. The molecule has 21 heavy (non-hydrogen) atoms. The van der Waals surface area contributed by atoms with Gasteiger partial charge in [-0.2, -0.15) is 0 Å². The summed E-state index contributed by atoms with van der Waals surface area (Å²) in [5.74, 6) is 2.09. The van der Waals surface area contributed by atoms with Crippen molar-refractivity contribution < 1.29 is 0 Å². The van der Waals surface area contributed by atoms with E-state index in [1.54, 1.807) is 11.8 Å². The highest BCUT2D eigenvalue weighted by atomic mass is 32.2. The molecule has 2 heterocycles. The number of anilines is 1. The lowest BCUT2D eigenvalue weighted by Crippen LogP contribution is -2.35. The molecule has 2 aromatic rings. The van der Waals surface area contributed by atoms with Crippen LogP contribution < -0.4 is 10.6 Å². The molecule has 2 N–H and O–H groups in total.